The first-order valence-corrected chi connectivity index (χ1v) is 14.8. The van der Waals surface area contributed by atoms with Crippen molar-refractivity contribution in [2.75, 3.05) is 0 Å². The molecule has 1 aromatic carbocycles. The number of hydrogen-bond acceptors (Lipinski definition) is 3. The van der Waals surface area contributed by atoms with E-state index in [0.717, 1.165) is 37.7 Å². The molecule has 1 unspecified atom stereocenters. The minimum Gasteiger partial charge on any atom is -0.508 e. The smallest absolute Gasteiger partial charge is 0.119 e. The maximum absolute atomic E-state index is 10.2. The lowest BCUT2D eigenvalue weighted by Gasteiger charge is -2.10. The number of aromatic hydroxyl groups is 2. The van der Waals surface area contributed by atoms with Gasteiger partial charge in [-0.2, -0.15) is 0 Å². The molecule has 0 bridgehead atoms. The number of unbranched alkanes of at least 4 members (excludes halogenated alkanes) is 18. The Morgan fingerprint density at radius 2 is 0.853 bits per heavy atom. The van der Waals surface area contributed by atoms with Gasteiger partial charge in [-0.25, -0.2) is 0 Å². The first-order valence-electron chi connectivity index (χ1n) is 14.8. The highest BCUT2D eigenvalue weighted by Gasteiger charge is 2.05. The Hall–Kier alpha value is -1.22. The van der Waals surface area contributed by atoms with E-state index >= 15 is 0 Å². The van der Waals surface area contributed by atoms with Crippen molar-refractivity contribution >= 4 is 0 Å². The van der Waals surface area contributed by atoms with Crippen LogP contribution in [0.15, 0.2) is 18.2 Å². The van der Waals surface area contributed by atoms with Crippen molar-refractivity contribution in [1.29, 1.82) is 0 Å². The van der Waals surface area contributed by atoms with Gasteiger partial charge in [0.05, 0.1) is 6.10 Å². The van der Waals surface area contributed by atoms with Crippen molar-refractivity contribution in [3.8, 4) is 11.5 Å². The second kappa shape index (κ2) is 22.3. The highest BCUT2D eigenvalue weighted by atomic mass is 16.3. The number of benzene rings is 1. The average Bonchev–Trinajstić information content (AvgIpc) is 2.80. The Bertz CT molecular complexity index is 552. The van der Waals surface area contributed by atoms with Gasteiger partial charge in [-0.05, 0) is 43.4 Å². The molecule has 3 N–H and O–H groups in total. The van der Waals surface area contributed by atoms with Crippen LogP contribution >= 0.6 is 0 Å². The molecule has 0 aromatic heterocycles. The van der Waals surface area contributed by atoms with Crippen LogP contribution in [0.5, 0.6) is 11.5 Å². The first kappa shape index (κ1) is 30.8. The SMILES string of the molecule is CCCCCCCCCCCCCCCCCCCCCC(O)CCCc1cc(O)cc(O)c1. The first-order chi connectivity index (χ1) is 16.6. The summed E-state index contributed by atoms with van der Waals surface area (Å²) in [6, 6.07) is 4.71. The van der Waals surface area contributed by atoms with Gasteiger partial charge >= 0.3 is 0 Å². The van der Waals surface area contributed by atoms with E-state index in [9.17, 15) is 15.3 Å². The molecule has 3 heteroatoms. The Kier molecular flexibility index (Phi) is 20.2. The largest absolute Gasteiger partial charge is 0.508 e. The van der Waals surface area contributed by atoms with Crippen molar-refractivity contribution in [2.24, 2.45) is 0 Å². The number of aliphatic hydroxyl groups excluding tert-OH is 1. The van der Waals surface area contributed by atoms with Crippen LogP contribution in [0.1, 0.15) is 154 Å². The minimum absolute atomic E-state index is 0.102. The van der Waals surface area contributed by atoms with E-state index in [4.69, 9.17) is 0 Å². The molecule has 0 saturated carbocycles. The predicted octanol–water partition coefficient (Wildman–Crippen LogP) is 9.60. The van der Waals surface area contributed by atoms with Gasteiger partial charge in [0.15, 0.2) is 0 Å². The minimum atomic E-state index is -0.225. The fourth-order valence-corrected chi connectivity index (χ4v) is 4.95. The van der Waals surface area contributed by atoms with E-state index < -0.39 is 0 Å². The fourth-order valence-electron chi connectivity index (χ4n) is 4.95. The zero-order valence-corrected chi connectivity index (χ0v) is 22.4. The highest BCUT2D eigenvalue weighted by molar-refractivity contribution is 5.36. The van der Waals surface area contributed by atoms with Crippen molar-refractivity contribution in [3.05, 3.63) is 23.8 Å². The number of aliphatic hydroxyl groups is 1. The summed E-state index contributed by atoms with van der Waals surface area (Å²) in [7, 11) is 0. The fraction of sp³-hybridized carbons (Fsp3) is 0.806. The summed E-state index contributed by atoms with van der Waals surface area (Å²) in [5.41, 5.74) is 0.924. The number of hydrogen-bond donors (Lipinski definition) is 3. The number of phenolic OH excluding ortho intramolecular Hbond substituents is 2. The van der Waals surface area contributed by atoms with E-state index in [1.54, 1.807) is 12.1 Å². The molecule has 34 heavy (non-hydrogen) atoms. The van der Waals surface area contributed by atoms with Crippen LogP contribution in [0, 0.1) is 0 Å². The quantitative estimate of drug-likeness (QED) is 0.130. The van der Waals surface area contributed by atoms with Crippen LogP contribution in [0.4, 0.5) is 0 Å². The molecule has 0 heterocycles. The molecule has 0 aliphatic heterocycles. The third-order valence-electron chi connectivity index (χ3n) is 7.11. The molecular formula is C31H56O3. The van der Waals surface area contributed by atoms with Crippen LogP contribution in [-0.2, 0) is 6.42 Å². The molecule has 198 valence electrons. The second-order valence-electron chi connectivity index (χ2n) is 10.6. The monoisotopic (exact) mass is 476 g/mol. The Balaban J connectivity index is 1.77. The highest BCUT2D eigenvalue weighted by Crippen LogP contribution is 2.22. The lowest BCUT2D eigenvalue weighted by Crippen LogP contribution is -2.06. The predicted molar refractivity (Wildman–Crippen MR) is 147 cm³/mol. The van der Waals surface area contributed by atoms with Gasteiger partial charge in [-0.1, -0.05) is 129 Å². The maximum atomic E-state index is 10.2. The standard InChI is InChI=1S/C31H56O3/c1-2-3-4-5-6-7-8-9-10-11-12-13-14-15-16-17-18-19-20-23-29(32)24-21-22-28-25-30(33)27-31(34)26-28/h25-27,29,32-34H,2-24H2,1H3. The van der Waals surface area contributed by atoms with Gasteiger partial charge in [-0.3, -0.25) is 0 Å². The third kappa shape index (κ3) is 19.1. The molecule has 1 atom stereocenters. The summed E-state index contributed by atoms with van der Waals surface area (Å²) >= 11 is 0. The Labute approximate surface area is 211 Å². The van der Waals surface area contributed by atoms with Crippen LogP contribution in [0.3, 0.4) is 0 Å². The lowest BCUT2D eigenvalue weighted by molar-refractivity contribution is 0.148. The molecule has 0 fully saturated rings. The number of phenols is 2. The molecule has 1 aromatic rings. The number of rotatable bonds is 24. The number of aryl methyl sites for hydroxylation is 1. The van der Waals surface area contributed by atoms with E-state index in [1.165, 1.54) is 122 Å². The summed E-state index contributed by atoms with van der Waals surface area (Å²) in [6.07, 6.45) is 29.5. The van der Waals surface area contributed by atoms with Gasteiger partial charge in [0.1, 0.15) is 11.5 Å². The van der Waals surface area contributed by atoms with E-state index in [2.05, 4.69) is 6.92 Å². The Morgan fingerprint density at radius 1 is 0.500 bits per heavy atom. The van der Waals surface area contributed by atoms with Crippen LogP contribution in [-0.4, -0.2) is 21.4 Å². The molecular weight excluding hydrogens is 420 g/mol. The third-order valence-corrected chi connectivity index (χ3v) is 7.11. The molecule has 0 spiro atoms. The van der Waals surface area contributed by atoms with E-state index in [-0.39, 0.29) is 17.6 Å². The van der Waals surface area contributed by atoms with Gasteiger partial charge in [0, 0.05) is 6.07 Å². The van der Waals surface area contributed by atoms with Crippen LogP contribution < -0.4 is 0 Å². The average molecular weight is 477 g/mol. The summed E-state index contributed by atoms with van der Waals surface area (Å²) in [5.74, 6) is 0.203. The molecule has 0 radical (unpaired) electrons. The molecule has 0 amide bonds. The topological polar surface area (TPSA) is 60.7 Å². The van der Waals surface area contributed by atoms with Crippen molar-refractivity contribution < 1.29 is 15.3 Å². The van der Waals surface area contributed by atoms with Crippen LogP contribution in [0.25, 0.3) is 0 Å². The van der Waals surface area contributed by atoms with Gasteiger partial charge in [0.25, 0.3) is 0 Å². The van der Waals surface area contributed by atoms with Gasteiger partial charge in [0.2, 0.25) is 0 Å². The lowest BCUT2D eigenvalue weighted by atomic mass is 10.0. The summed E-state index contributed by atoms with van der Waals surface area (Å²) in [4.78, 5) is 0. The summed E-state index contributed by atoms with van der Waals surface area (Å²) < 4.78 is 0. The van der Waals surface area contributed by atoms with Crippen LogP contribution in [0.2, 0.25) is 0 Å². The molecule has 0 aliphatic carbocycles. The Morgan fingerprint density at radius 3 is 1.26 bits per heavy atom. The van der Waals surface area contributed by atoms with Crippen molar-refractivity contribution in [2.45, 2.75) is 161 Å². The maximum Gasteiger partial charge on any atom is 0.119 e. The summed E-state index contributed by atoms with van der Waals surface area (Å²) in [5, 5.41) is 29.2. The van der Waals surface area contributed by atoms with Gasteiger partial charge in [-0.15, -0.1) is 0 Å². The van der Waals surface area contributed by atoms with Crippen molar-refractivity contribution in [3.63, 3.8) is 0 Å². The van der Waals surface area contributed by atoms with Crippen molar-refractivity contribution in [1.82, 2.24) is 0 Å². The van der Waals surface area contributed by atoms with Gasteiger partial charge < -0.3 is 15.3 Å². The zero-order valence-electron chi connectivity index (χ0n) is 22.4. The molecule has 1 rings (SSSR count). The summed E-state index contributed by atoms with van der Waals surface area (Å²) in [6.45, 7) is 2.29. The molecule has 0 saturated heterocycles. The molecule has 3 nitrogen and oxygen atoms in total. The van der Waals surface area contributed by atoms with E-state index in [1.807, 2.05) is 0 Å². The normalized spacial score (nSPS) is 12.3. The zero-order chi connectivity index (χ0) is 24.7. The second-order valence-corrected chi connectivity index (χ2v) is 10.6. The molecule has 0 aliphatic rings. The van der Waals surface area contributed by atoms with E-state index in [0.29, 0.717) is 0 Å².